The molecule has 2 unspecified atom stereocenters. The number of fused-ring (bicyclic) bond motifs is 4. The van der Waals surface area contributed by atoms with E-state index >= 15 is 0 Å². The summed E-state index contributed by atoms with van der Waals surface area (Å²) < 4.78 is 40.3. The zero-order valence-corrected chi connectivity index (χ0v) is 41.4. The molecular weight excluding hydrogens is 891 g/mol. The van der Waals surface area contributed by atoms with Crippen LogP contribution in [0.3, 0.4) is 0 Å². The van der Waals surface area contributed by atoms with Crippen LogP contribution in [0, 0.1) is 5.92 Å². The highest BCUT2D eigenvalue weighted by Crippen LogP contribution is 2.47. The van der Waals surface area contributed by atoms with Gasteiger partial charge in [-0.05, 0) is 32.1 Å². The van der Waals surface area contributed by atoms with Gasteiger partial charge in [0.1, 0.15) is 43.2 Å². The standard InChI is InChI=1S/C49H89O17P/c1-3-5-7-8-9-10-11-12-13-14-15-16-17-18-19-20-25-29-41(52)62-34-37-35-63-67(60,61)66-49-47(58)45(56)40(32-31-36(50)27-23-6-4-2)65-43(54)33-39(51)38(44(55)46(57)48(49)59)28-24-21-22-26-30-42(53)64-37/h21,24,31-32,36-40,43-51,54-59H,3-20,22-23,25-30,33-35H2,1-2H3,(H,60,61)/b24-21-,32-31?/t36-,37+,38-,39-,40+,43?,44+,45+,46-,47+,48+,49+/m0/s1. The van der Waals surface area contributed by atoms with Crippen LogP contribution >= 0.6 is 7.82 Å². The molecule has 2 aliphatic rings. The number of carbonyl (C=O) groups excluding carboxylic acids is 2. The summed E-state index contributed by atoms with van der Waals surface area (Å²) in [4.78, 5) is 36.5. The van der Waals surface area contributed by atoms with Crippen molar-refractivity contribution < 1.29 is 83.2 Å². The van der Waals surface area contributed by atoms with E-state index in [1.54, 1.807) is 12.2 Å². The van der Waals surface area contributed by atoms with Crippen molar-refractivity contribution in [1.29, 1.82) is 0 Å². The predicted octanol–water partition coefficient (Wildman–Crippen LogP) is 6.50. The molecule has 2 aliphatic heterocycles. The Morgan fingerprint density at radius 2 is 1.31 bits per heavy atom. The maximum absolute atomic E-state index is 13.5. The number of cyclic esters (lactones) is 1. The molecule has 2 bridgehead atoms. The van der Waals surface area contributed by atoms with Crippen LogP contribution in [0.4, 0.5) is 0 Å². The van der Waals surface area contributed by atoms with Crippen LogP contribution in [-0.2, 0) is 37.4 Å². The molecule has 2 heterocycles. The molecule has 67 heavy (non-hydrogen) atoms. The van der Waals surface area contributed by atoms with Gasteiger partial charge in [0.15, 0.2) is 12.4 Å². The van der Waals surface area contributed by atoms with Crippen molar-refractivity contribution in [3.05, 3.63) is 24.3 Å². The van der Waals surface area contributed by atoms with Crippen molar-refractivity contribution >= 4 is 19.8 Å². The molecule has 1 saturated heterocycles. The van der Waals surface area contributed by atoms with Crippen molar-refractivity contribution in [1.82, 2.24) is 0 Å². The summed E-state index contributed by atoms with van der Waals surface area (Å²) in [6, 6.07) is 0. The highest BCUT2D eigenvalue weighted by Gasteiger charge is 2.48. The van der Waals surface area contributed by atoms with Gasteiger partial charge in [0.25, 0.3) is 0 Å². The van der Waals surface area contributed by atoms with Gasteiger partial charge in [0, 0.05) is 25.2 Å². The van der Waals surface area contributed by atoms with Crippen LogP contribution in [0.15, 0.2) is 24.3 Å². The number of allylic oxidation sites excluding steroid dienone is 2. The maximum atomic E-state index is 13.5. The first-order chi connectivity index (χ1) is 32.1. The summed E-state index contributed by atoms with van der Waals surface area (Å²) >= 11 is 0. The van der Waals surface area contributed by atoms with Crippen molar-refractivity contribution in [3.63, 3.8) is 0 Å². The Kier molecular flexibility index (Phi) is 33.1. The Balaban J connectivity index is 2.09. The molecule has 392 valence electrons. The molecule has 0 radical (unpaired) electrons. The zero-order chi connectivity index (χ0) is 49.5. The van der Waals surface area contributed by atoms with Crippen LogP contribution in [0.1, 0.15) is 187 Å². The van der Waals surface area contributed by atoms with Gasteiger partial charge in [-0.1, -0.05) is 160 Å². The minimum absolute atomic E-state index is 0.106. The SMILES string of the molecule is CCCCCCCCCCCCCCCCCCCC(=O)OC[C@@H]1COP(=O)(O)O[C@H]2[C@H](O)[C@@H](O)[C@H](O)[C@@H](C/C=C\CCCC(=O)O1)[C@@H](O)CC(O)O[C@H](C=C[C@@H](O)CCCCC)[C@@H](O)[C@H]2O. The molecule has 1 fully saturated rings. The summed E-state index contributed by atoms with van der Waals surface area (Å²) in [6.45, 7) is 2.82. The van der Waals surface area contributed by atoms with E-state index in [-0.39, 0.29) is 25.7 Å². The molecule has 0 aromatic carbocycles. The van der Waals surface area contributed by atoms with Crippen LogP contribution < -0.4 is 0 Å². The van der Waals surface area contributed by atoms with Crippen LogP contribution in [0.2, 0.25) is 0 Å². The number of aliphatic hydroxyl groups excluding tert-OH is 8. The van der Waals surface area contributed by atoms with Crippen molar-refractivity contribution in [2.75, 3.05) is 13.2 Å². The first-order valence-corrected chi connectivity index (χ1v) is 27.0. The molecule has 0 aliphatic carbocycles. The largest absolute Gasteiger partial charge is 0.472 e. The number of ether oxygens (including phenoxy) is 3. The smallest absolute Gasteiger partial charge is 0.462 e. The second-order valence-electron chi connectivity index (χ2n) is 18.6. The van der Waals surface area contributed by atoms with E-state index < -0.39 is 113 Å². The first kappa shape index (κ1) is 61.3. The van der Waals surface area contributed by atoms with E-state index in [1.165, 1.54) is 83.1 Å². The molecule has 2 rings (SSSR count). The Morgan fingerprint density at radius 1 is 0.761 bits per heavy atom. The van der Waals surface area contributed by atoms with Crippen LogP contribution in [0.25, 0.3) is 0 Å². The second kappa shape index (κ2) is 36.1. The number of unbranched alkanes of at least 4 members (excludes halogenated alkanes) is 18. The monoisotopic (exact) mass is 981 g/mol. The lowest BCUT2D eigenvalue weighted by Gasteiger charge is -2.39. The highest BCUT2D eigenvalue weighted by atomic mass is 31.2. The quantitative estimate of drug-likeness (QED) is 0.0194. The molecule has 18 heteroatoms. The molecule has 13 atom stereocenters. The van der Waals surface area contributed by atoms with Crippen molar-refractivity contribution in [2.24, 2.45) is 5.92 Å². The lowest BCUT2D eigenvalue weighted by molar-refractivity contribution is -0.213. The van der Waals surface area contributed by atoms with Gasteiger partial charge in [-0.15, -0.1) is 0 Å². The van der Waals surface area contributed by atoms with E-state index in [2.05, 4.69) is 6.92 Å². The number of rotatable bonds is 26. The van der Waals surface area contributed by atoms with Crippen molar-refractivity contribution in [3.8, 4) is 0 Å². The zero-order valence-electron chi connectivity index (χ0n) is 40.5. The maximum Gasteiger partial charge on any atom is 0.472 e. The van der Waals surface area contributed by atoms with Gasteiger partial charge in [-0.2, -0.15) is 0 Å². The number of phosphoric acid groups is 1. The minimum atomic E-state index is -5.47. The Bertz CT molecular complexity index is 1400. The summed E-state index contributed by atoms with van der Waals surface area (Å²) in [5, 5.41) is 89.3. The van der Waals surface area contributed by atoms with Crippen molar-refractivity contribution in [2.45, 2.75) is 255 Å². The van der Waals surface area contributed by atoms with E-state index in [0.717, 1.165) is 44.6 Å². The Labute approximate surface area is 399 Å². The highest BCUT2D eigenvalue weighted by molar-refractivity contribution is 7.47. The van der Waals surface area contributed by atoms with Gasteiger partial charge >= 0.3 is 19.8 Å². The Hall–Kier alpha value is -1.83. The molecule has 0 spiro atoms. The van der Waals surface area contributed by atoms with E-state index in [0.29, 0.717) is 25.7 Å². The number of aliphatic hydroxyl groups is 8. The number of esters is 2. The van der Waals surface area contributed by atoms with Gasteiger partial charge in [0.2, 0.25) is 0 Å². The second-order valence-corrected chi connectivity index (χ2v) is 20.0. The summed E-state index contributed by atoms with van der Waals surface area (Å²) in [7, 11) is -5.47. The third kappa shape index (κ3) is 26.8. The lowest BCUT2D eigenvalue weighted by Crippen LogP contribution is -2.58. The lowest BCUT2D eigenvalue weighted by atomic mass is 9.83. The number of hydrogen-bond donors (Lipinski definition) is 9. The average molecular weight is 981 g/mol. The van der Waals surface area contributed by atoms with Gasteiger partial charge in [-0.3, -0.25) is 18.6 Å². The molecule has 0 saturated carbocycles. The number of carbonyl (C=O) groups is 2. The summed E-state index contributed by atoms with van der Waals surface area (Å²) in [6.07, 6.45) is 7.29. The van der Waals surface area contributed by atoms with Gasteiger partial charge in [0.05, 0.1) is 24.9 Å². The van der Waals surface area contributed by atoms with E-state index in [4.69, 9.17) is 23.3 Å². The van der Waals surface area contributed by atoms with Crippen LogP contribution in [-0.4, -0.2) is 138 Å². The summed E-state index contributed by atoms with van der Waals surface area (Å²) in [5.74, 6) is -2.60. The van der Waals surface area contributed by atoms with Gasteiger partial charge < -0.3 is 60.0 Å². The fraction of sp³-hybridized carbons (Fsp3) is 0.878. The molecule has 17 nitrogen and oxygen atoms in total. The fourth-order valence-electron chi connectivity index (χ4n) is 8.39. The summed E-state index contributed by atoms with van der Waals surface area (Å²) in [5.41, 5.74) is 0. The minimum Gasteiger partial charge on any atom is -0.462 e. The molecule has 0 aromatic rings. The average Bonchev–Trinajstić information content (AvgIpc) is 3.29. The topological polar surface area (TPSA) is 279 Å². The van der Waals surface area contributed by atoms with Crippen LogP contribution in [0.5, 0.6) is 0 Å². The normalized spacial score (nSPS) is 31.9. The number of phosphoric ester groups is 1. The number of hydrogen-bond acceptors (Lipinski definition) is 16. The predicted molar refractivity (Wildman–Crippen MR) is 252 cm³/mol. The molecule has 0 amide bonds. The van der Waals surface area contributed by atoms with E-state index in [1.807, 2.05) is 6.92 Å². The fourth-order valence-corrected chi connectivity index (χ4v) is 9.37. The molecule has 9 N–H and O–H groups in total. The third-order valence-corrected chi connectivity index (χ3v) is 13.6. The first-order valence-electron chi connectivity index (χ1n) is 25.5. The van der Waals surface area contributed by atoms with Gasteiger partial charge in [-0.25, -0.2) is 4.57 Å². The Morgan fingerprint density at radius 3 is 1.91 bits per heavy atom. The third-order valence-electron chi connectivity index (χ3n) is 12.6. The van der Waals surface area contributed by atoms with E-state index in [9.17, 15) is 59.9 Å². The molecule has 0 aromatic heterocycles. The molecular formula is C49H89O17P.